The normalized spacial score (nSPS) is 12.6. The Morgan fingerprint density at radius 1 is 1.17 bits per heavy atom. The van der Waals surface area contributed by atoms with E-state index in [4.69, 9.17) is 11.6 Å². The predicted molar refractivity (Wildman–Crippen MR) is 83.8 cm³/mol. The van der Waals surface area contributed by atoms with Crippen LogP contribution in [0.25, 0.3) is 0 Å². The van der Waals surface area contributed by atoms with Crippen molar-refractivity contribution in [3.05, 3.63) is 29.3 Å². The summed E-state index contributed by atoms with van der Waals surface area (Å²) in [5.41, 5.74) is 0. The highest BCUT2D eigenvalue weighted by Crippen LogP contribution is 2.22. The van der Waals surface area contributed by atoms with Gasteiger partial charge in [0.05, 0.1) is 0 Å². The maximum atomic E-state index is 5.88. The average molecular weight is 286 g/mol. The predicted octanol–water partition coefficient (Wildman–Crippen LogP) is 4.99. The molecule has 0 aromatic heterocycles. The van der Waals surface area contributed by atoms with E-state index >= 15 is 0 Å². The van der Waals surface area contributed by atoms with Gasteiger partial charge in [-0.1, -0.05) is 44.2 Å². The van der Waals surface area contributed by atoms with Crippen LogP contribution >= 0.6 is 23.4 Å². The first kappa shape index (κ1) is 15.9. The summed E-state index contributed by atoms with van der Waals surface area (Å²) in [4.78, 5) is 1.30. The van der Waals surface area contributed by atoms with Crippen LogP contribution in [0, 0.1) is 0 Å². The molecule has 0 aliphatic rings. The molecule has 1 unspecified atom stereocenters. The second kappa shape index (κ2) is 9.71. The highest BCUT2D eigenvalue weighted by Gasteiger charge is 2.06. The van der Waals surface area contributed by atoms with Crippen molar-refractivity contribution < 1.29 is 0 Å². The summed E-state index contributed by atoms with van der Waals surface area (Å²) in [6.45, 7) is 2.26. The molecule has 1 aromatic carbocycles. The molecule has 0 heterocycles. The van der Waals surface area contributed by atoms with Gasteiger partial charge in [0, 0.05) is 21.7 Å². The summed E-state index contributed by atoms with van der Waals surface area (Å²) in [5, 5.41) is 4.22. The number of unbranched alkanes of at least 4 members (excludes halogenated alkanes) is 3. The quantitative estimate of drug-likeness (QED) is 0.507. The molecule has 0 amide bonds. The fraction of sp³-hybridized carbons (Fsp3) is 0.600. The molecule has 0 spiro atoms. The van der Waals surface area contributed by atoms with E-state index < -0.39 is 0 Å². The van der Waals surface area contributed by atoms with Gasteiger partial charge in [0.25, 0.3) is 0 Å². The van der Waals surface area contributed by atoms with E-state index in [9.17, 15) is 0 Å². The monoisotopic (exact) mass is 285 g/mol. The van der Waals surface area contributed by atoms with Gasteiger partial charge in [0.1, 0.15) is 0 Å². The molecule has 0 fully saturated rings. The summed E-state index contributed by atoms with van der Waals surface area (Å²) < 4.78 is 0. The van der Waals surface area contributed by atoms with Crippen LogP contribution in [0.2, 0.25) is 5.02 Å². The van der Waals surface area contributed by atoms with Crippen LogP contribution in [0.15, 0.2) is 29.2 Å². The maximum Gasteiger partial charge on any atom is 0.0406 e. The summed E-state index contributed by atoms with van der Waals surface area (Å²) in [6, 6.07) is 8.72. The molecule has 1 nitrogen and oxygen atoms in total. The van der Waals surface area contributed by atoms with E-state index in [1.807, 2.05) is 23.9 Å². The Labute approximate surface area is 121 Å². The topological polar surface area (TPSA) is 12.0 Å². The van der Waals surface area contributed by atoms with E-state index in [-0.39, 0.29) is 0 Å². The first-order valence-corrected chi connectivity index (χ1v) is 8.18. The first-order valence-electron chi connectivity index (χ1n) is 6.82. The Bertz CT molecular complexity index is 313. The molecule has 0 saturated carbocycles. The van der Waals surface area contributed by atoms with Crippen molar-refractivity contribution in [1.82, 2.24) is 5.32 Å². The van der Waals surface area contributed by atoms with E-state index in [0.29, 0.717) is 6.04 Å². The summed E-state index contributed by atoms with van der Waals surface area (Å²) in [6.07, 6.45) is 6.64. The number of nitrogens with one attached hydrogen (secondary N) is 1. The number of hydrogen-bond donors (Lipinski definition) is 1. The van der Waals surface area contributed by atoms with E-state index in [2.05, 4.69) is 31.4 Å². The highest BCUT2D eigenvalue weighted by molar-refractivity contribution is 7.99. The third-order valence-corrected chi connectivity index (χ3v) is 4.51. The lowest BCUT2D eigenvalue weighted by molar-refractivity contribution is 0.523. The van der Waals surface area contributed by atoms with Crippen molar-refractivity contribution in [3.8, 4) is 0 Å². The minimum atomic E-state index is 0.613. The van der Waals surface area contributed by atoms with Crippen molar-refractivity contribution in [2.75, 3.05) is 12.8 Å². The Balaban J connectivity index is 2.24. The van der Waals surface area contributed by atoms with Gasteiger partial charge in [-0.25, -0.2) is 0 Å². The molecule has 18 heavy (non-hydrogen) atoms. The largest absolute Gasteiger partial charge is 0.316 e. The van der Waals surface area contributed by atoms with Crippen LogP contribution in [-0.4, -0.2) is 18.8 Å². The fourth-order valence-corrected chi connectivity index (χ4v) is 3.04. The number of rotatable bonds is 9. The van der Waals surface area contributed by atoms with E-state index in [1.165, 1.54) is 37.0 Å². The number of halogens is 1. The average Bonchev–Trinajstić information content (AvgIpc) is 2.40. The molecule has 1 atom stereocenters. The molecule has 102 valence electrons. The van der Waals surface area contributed by atoms with Gasteiger partial charge in [-0.2, -0.15) is 0 Å². The van der Waals surface area contributed by atoms with Crippen molar-refractivity contribution >= 4 is 23.4 Å². The van der Waals surface area contributed by atoms with Gasteiger partial charge in [-0.15, -0.1) is 11.8 Å². The molecular weight excluding hydrogens is 262 g/mol. The van der Waals surface area contributed by atoms with E-state index in [0.717, 1.165) is 10.8 Å². The second-order valence-corrected chi connectivity index (χ2v) is 6.13. The SMILES string of the molecule is CCCCCCC(CSc1ccc(Cl)cc1)NC. The highest BCUT2D eigenvalue weighted by atomic mass is 35.5. The Morgan fingerprint density at radius 3 is 2.50 bits per heavy atom. The standard InChI is InChI=1S/C15H24ClNS/c1-3-4-5-6-7-14(17-2)12-18-15-10-8-13(16)9-11-15/h8-11,14,17H,3-7,12H2,1-2H3. The molecular formula is C15H24ClNS. The summed E-state index contributed by atoms with van der Waals surface area (Å²) in [7, 11) is 2.06. The zero-order valence-electron chi connectivity index (χ0n) is 11.4. The van der Waals surface area contributed by atoms with Crippen molar-refractivity contribution in [1.29, 1.82) is 0 Å². The van der Waals surface area contributed by atoms with Crippen LogP contribution in [0.4, 0.5) is 0 Å². The molecule has 0 saturated heterocycles. The number of benzene rings is 1. The van der Waals surface area contributed by atoms with Gasteiger partial charge < -0.3 is 5.32 Å². The number of thioether (sulfide) groups is 1. The molecule has 1 rings (SSSR count). The molecule has 0 radical (unpaired) electrons. The van der Waals surface area contributed by atoms with Gasteiger partial charge in [0.2, 0.25) is 0 Å². The Hall–Kier alpha value is -0.180. The number of hydrogen-bond acceptors (Lipinski definition) is 2. The first-order chi connectivity index (χ1) is 8.76. The minimum Gasteiger partial charge on any atom is -0.316 e. The molecule has 0 aliphatic carbocycles. The lowest BCUT2D eigenvalue weighted by atomic mass is 10.1. The molecule has 0 bridgehead atoms. The van der Waals surface area contributed by atoms with Gasteiger partial charge >= 0.3 is 0 Å². The third-order valence-electron chi connectivity index (χ3n) is 3.08. The van der Waals surface area contributed by atoms with Crippen molar-refractivity contribution in [3.63, 3.8) is 0 Å². The zero-order valence-corrected chi connectivity index (χ0v) is 13.0. The fourth-order valence-electron chi connectivity index (χ4n) is 1.86. The smallest absolute Gasteiger partial charge is 0.0406 e. The minimum absolute atomic E-state index is 0.613. The van der Waals surface area contributed by atoms with Gasteiger partial charge in [0.15, 0.2) is 0 Å². The van der Waals surface area contributed by atoms with Crippen LogP contribution in [0.3, 0.4) is 0 Å². The van der Waals surface area contributed by atoms with Crippen molar-refractivity contribution in [2.24, 2.45) is 0 Å². The van der Waals surface area contributed by atoms with Gasteiger partial charge in [-0.3, -0.25) is 0 Å². The molecule has 3 heteroatoms. The van der Waals surface area contributed by atoms with Crippen LogP contribution in [0.5, 0.6) is 0 Å². The molecule has 1 N–H and O–H groups in total. The lowest BCUT2D eigenvalue weighted by Gasteiger charge is -2.15. The molecule has 0 aliphatic heterocycles. The zero-order chi connectivity index (χ0) is 13.2. The maximum absolute atomic E-state index is 5.88. The lowest BCUT2D eigenvalue weighted by Crippen LogP contribution is -2.27. The summed E-state index contributed by atoms with van der Waals surface area (Å²) >= 11 is 7.78. The second-order valence-electron chi connectivity index (χ2n) is 4.60. The summed E-state index contributed by atoms with van der Waals surface area (Å²) in [5.74, 6) is 1.13. The van der Waals surface area contributed by atoms with E-state index in [1.54, 1.807) is 0 Å². The Morgan fingerprint density at radius 2 is 1.89 bits per heavy atom. The van der Waals surface area contributed by atoms with Crippen LogP contribution < -0.4 is 5.32 Å². The Kier molecular flexibility index (Phi) is 8.57. The van der Waals surface area contributed by atoms with Crippen LogP contribution in [0.1, 0.15) is 39.0 Å². The third kappa shape index (κ3) is 6.67. The van der Waals surface area contributed by atoms with Crippen LogP contribution in [-0.2, 0) is 0 Å². The van der Waals surface area contributed by atoms with Crippen molar-refractivity contribution in [2.45, 2.75) is 50.0 Å². The van der Waals surface area contributed by atoms with Gasteiger partial charge in [-0.05, 0) is 37.7 Å². The molecule has 1 aromatic rings.